The number of benzene rings is 3. The van der Waals surface area contributed by atoms with E-state index in [-0.39, 0.29) is 18.2 Å². The number of likely N-dealkylation sites (N-methyl/N-ethyl adjacent to an activating group) is 1. The van der Waals surface area contributed by atoms with Gasteiger partial charge in [0.2, 0.25) is 5.91 Å². The van der Waals surface area contributed by atoms with Gasteiger partial charge in [0.1, 0.15) is 5.75 Å². The summed E-state index contributed by atoms with van der Waals surface area (Å²) in [7, 11) is 1.85. The van der Waals surface area contributed by atoms with Gasteiger partial charge in [0, 0.05) is 12.7 Å². The average Bonchev–Trinajstić information content (AvgIpc) is 2.73. The number of halogens is 2. The van der Waals surface area contributed by atoms with E-state index >= 15 is 0 Å². The van der Waals surface area contributed by atoms with E-state index in [1.165, 1.54) is 12.1 Å². The number of ether oxygens (including phenoxy) is 1. The second-order valence-electron chi connectivity index (χ2n) is 6.55. The van der Waals surface area contributed by atoms with Gasteiger partial charge in [-0.05, 0) is 35.4 Å². The number of anilines is 1. The first-order valence-electron chi connectivity index (χ1n) is 9.18. The first kappa shape index (κ1) is 20.3. The van der Waals surface area contributed by atoms with Crippen LogP contribution >= 0.6 is 0 Å². The van der Waals surface area contributed by atoms with Gasteiger partial charge in [0.05, 0.1) is 12.6 Å². The molecule has 6 heteroatoms. The molecule has 0 radical (unpaired) electrons. The van der Waals surface area contributed by atoms with Crippen LogP contribution < -0.4 is 15.0 Å². The van der Waals surface area contributed by atoms with Gasteiger partial charge >= 0.3 is 6.61 Å². The van der Waals surface area contributed by atoms with Crippen LogP contribution in [0, 0.1) is 0 Å². The van der Waals surface area contributed by atoms with Gasteiger partial charge in [0.15, 0.2) is 0 Å². The summed E-state index contributed by atoms with van der Waals surface area (Å²) in [5.41, 5.74) is 2.60. The highest BCUT2D eigenvalue weighted by Crippen LogP contribution is 2.25. The molecule has 150 valence electrons. The number of rotatable bonds is 8. The van der Waals surface area contributed by atoms with Crippen LogP contribution in [0.1, 0.15) is 17.2 Å². The molecule has 3 aromatic carbocycles. The Balaban J connectivity index is 1.76. The Morgan fingerprint density at radius 2 is 1.45 bits per heavy atom. The van der Waals surface area contributed by atoms with Crippen LogP contribution in [-0.2, 0) is 4.79 Å². The lowest BCUT2D eigenvalue weighted by molar-refractivity contribution is -0.120. The minimum absolute atomic E-state index is 0.0747. The summed E-state index contributed by atoms with van der Waals surface area (Å²) in [6, 6.07) is 25.0. The van der Waals surface area contributed by atoms with E-state index in [0.29, 0.717) is 0 Å². The van der Waals surface area contributed by atoms with Gasteiger partial charge in [0.25, 0.3) is 0 Å². The lowest BCUT2D eigenvalue weighted by Gasteiger charge is -2.23. The average molecular weight is 396 g/mol. The van der Waals surface area contributed by atoms with E-state index in [0.717, 1.165) is 16.8 Å². The molecule has 0 saturated carbocycles. The predicted molar refractivity (Wildman–Crippen MR) is 109 cm³/mol. The van der Waals surface area contributed by atoms with Crippen molar-refractivity contribution in [2.24, 2.45) is 0 Å². The topological polar surface area (TPSA) is 41.6 Å². The molecule has 1 atom stereocenters. The van der Waals surface area contributed by atoms with Gasteiger partial charge in [-0.25, -0.2) is 0 Å². The molecule has 3 rings (SSSR count). The summed E-state index contributed by atoms with van der Waals surface area (Å²) in [4.78, 5) is 14.6. The largest absolute Gasteiger partial charge is 0.435 e. The number of carbonyl (C=O) groups is 1. The number of para-hydroxylation sites is 1. The molecule has 0 aliphatic carbocycles. The fourth-order valence-corrected chi connectivity index (χ4v) is 3.04. The van der Waals surface area contributed by atoms with Crippen molar-refractivity contribution in [3.63, 3.8) is 0 Å². The Kier molecular flexibility index (Phi) is 6.79. The molecular formula is C23H22F2N2O2. The maximum atomic E-state index is 12.7. The SMILES string of the molecule is CN(CC(=O)N[C@H](c1ccccc1)c1ccc(OC(F)F)cc1)c1ccccc1. The molecule has 0 aromatic heterocycles. The molecule has 4 nitrogen and oxygen atoms in total. The fourth-order valence-electron chi connectivity index (χ4n) is 3.04. The van der Waals surface area contributed by atoms with Gasteiger partial charge < -0.3 is 15.0 Å². The maximum Gasteiger partial charge on any atom is 0.387 e. The third-order valence-electron chi connectivity index (χ3n) is 4.45. The Morgan fingerprint density at radius 3 is 2.03 bits per heavy atom. The van der Waals surface area contributed by atoms with E-state index in [9.17, 15) is 13.6 Å². The predicted octanol–water partition coefficient (Wildman–Crippen LogP) is 4.63. The molecule has 1 amide bonds. The zero-order chi connectivity index (χ0) is 20.6. The zero-order valence-corrected chi connectivity index (χ0v) is 16.0. The smallest absolute Gasteiger partial charge is 0.387 e. The summed E-state index contributed by atoms with van der Waals surface area (Å²) in [6.07, 6.45) is 0. The van der Waals surface area contributed by atoms with Crippen LogP contribution in [0.3, 0.4) is 0 Å². The van der Waals surface area contributed by atoms with Crippen molar-refractivity contribution in [2.45, 2.75) is 12.7 Å². The minimum Gasteiger partial charge on any atom is -0.435 e. The highest BCUT2D eigenvalue weighted by Gasteiger charge is 2.18. The Labute approximate surface area is 168 Å². The summed E-state index contributed by atoms with van der Waals surface area (Å²) >= 11 is 0. The standard InChI is InChI=1S/C23H22F2N2O2/c1-27(19-10-6-3-7-11-19)16-21(28)26-22(17-8-4-2-5-9-17)18-12-14-20(15-13-18)29-23(24)25/h2-15,22-23H,16H2,1H3,(H,26,28)/t22-/m1/s1. The maximum absolute atomic E-state index is 12.7. The molecule has 0 aliphatic rings. The van der Waals surface area contributed by atoms with Gasteiger partial charge in [-0.15, -0.1) is 0 Å². The number of hydrogen-bond acceptors (Lipinski definition) is 3. The number of carbonyl (C=O) groups excluding carboxylic acids is 1. The zero-order valence-electron chi connectivity index (χ0n) is 16.0. The van der Waals surface area contributed by atoms with E-state index in [1.54, 1.807) is 12.1 Å². The number of nitrogens with one attached hydrogen (secondary N) is 1. The third-order valence-corrected chi connectivity index (χ3v) is 4.45. The Bertz CT molecular complexity index is 903. The van der Waals surface area contributed by atoms with Crippen LogP contribution in [0.4, 0.5) is 14.5 Å². The lowest BCUT2D eigenvalue weighted by Crippen LogP contribution is -2.37. The van der Waals surface area contributed by atoms with Crippen LogP contribution in [0.15, 0.2) is 84.9 Å². The number of nitrogens with zero attached hydrogens (tertiary/aromatic N) is 1. The lowest BCUT2D eigenvalue weighted by atomic mass is 9.98. The fraction of sp³-hybridized carbons (Fsp3) is 0.174. The van der Waals surface area contributed by atoms with E-state index in [4.69, 9.17) is 0 Å². The Hall–Kier alpha value is -3.41. The first-order chi connectivity index (χ1) is 14.0. The number of alkyl halides is 2. The van der Waals surface area contributed by atoms with Gasteiger partial charge in [-0.3, -0.25) is 4.79 Å². The van der Waals surface area contributed by atoms with Crippen molar-refractivity contribution < 1.29 is 18.3 Å². The molecule has 0 aliphatic heterocycles. The molecule has 29 heavy (non-hydrogen) atoms. The first-order valence-corrected chi connectivity index (χ1v) is 9.18. The van der Waals surface area contributed by atoms with Crippen LogP contribution in [0.2, 0.25) is 0 Å². The molecule has 0 heterocycles. The quantitative estimate of drug-likeness (QED) is 0.604. The number of hydrogen-bond donors (Lipinski definition) is 1. The highest BCUT2D eigenvalue weighted by atomic mass is 19.3. The van der Waals surface area contributed by atoms with Crippen molar-refractivity contribution in [3.8, 4) is 5.75 Å². The van der Waals surface area contributed by atoms with Crippen LogP contribution in [0.25, 0.3) is 0 Å². The second kappa shape index (κ2) is 9.68. The van der Waals surface area contributed by atoms with Crippen molar-refractivity contribution in [1.29, 1.82) is 0 Å². The van der Waals surface area contributed by atoms with Crippen LogP contribution in [-0.4, -0.2) is 26.1 Å². The highest BCUT2D eigenvalue weighted by molar-refractivity contribution is 5.82. The molecule has 0 spiro atoms. The van der Waals surface area contributed by atoms with E-state index < -0.39 is 12.7 Å². The van der Waals surface area contributed by atoms with E-state index in [1.807, 2.05) is 72.6 Å². The van der Waals surface area contributed by atoms with Crippen molar-refractivity contribution in [2.75, 3.05) is 18.5 Å². The van der Waals surface area contributed by atoms with Crippen LogP contribution in [0.5, 0.6) is 5.75 Å². The molecular weight excluding hydrogens is 374 g/mol. The molecule has 0 saturated heterocycles. The monoisotopic (exact) mass is 396 g/mol. The van der Waals surface area contributed by atoms with Crippen molar-refractivity contribution in [3.05, 3.63) is 96.1 Å². The summed E-state index contributed by atoms with van der Waals surface area (Å²) in [5.74, 6) is -0.0798. The second-order valence-corrected chi connectivity index (χ2v) is 6.55. The van der Waals surface area contributed by atoms with E-state index in [2.05, 4.69) is 10.1 Å². The summed E-state index contributed by atoms with van der Waals surface area (Å²) in [6.45, 7) is -2.70. The molecule has 1 N–H and O–H groups in total. The van der Waals surface area contributed by atoms with Gasteiger partial charge in [-0.1, -0.05) is 60.7 Å². The van der Waals surface area contributed by atoms with Crippen molar-refractivity contribution in [1.82, 2.24) is 5.32 Å². The summed E-state index contributed by atoms with van der Waals surface area (Å²) < 4.78 is 29.2. The minimum atomic E-state index is -2.88. The Morgan fingerprint density at radius 1 is 0.897 bits per heavy atom. The molecule has 3 aromatic rings. The number of amides is 1. The van der Waals surface area contributed by atoms with Crippen molar-refractivity contribution >= 4 is 11.6 Å². The molecule has 0 fully saturated rings. The summed E-state index contributed by atoms with van der Waals surface area (Å²) in [5, 5.41) is 3.04. The molecule has 0 bridgehead atoms. The molecule has 0 unspecified atom stereocenters. The van der Waals surface area contributed by atoms with Gasteiger partial charge in [-0.2, -0.15) is 8.78 Å². The third kappa shape index (κ3) is 5.78. The normalized spacial score (nSPS) is 11.7.